The minimum atomic E-state index is 0.490. The molecule has 16 heavy (non-hydrogen) atoms. The zero-order valence-electron chi connectivity index (χ0n) is 10.3. The van der Waals surface area contributed by atoms with Crippen LogP contribution in [0.25, 0.3) is 0 Å². The fourth-order valence-corrected chi connectivity index (χ4v) is 2.63. The molecular formula is C12H20N2OS. The molecule has 0 bridgehead atoms. The van der Waals surface area contributed by atoms with E-state index in [0.29, 0.717) is 5.41 Å². The van der Waals surface area contributed by atoms with Crippen molar-refractivity contribution >= 4 is 16.5 Å². The highest BCUT2D eigenvalue weighted by Gasteiger charge is 2.41. The van der Waals surface area contributed by atoms with E-state index in [2.05, 4.69) is 24.1 Å². The molecule has 1 N–H and O–H groups in total. The fourth-order valence-electron chi connectivity index (χ4n) is 1.82. The Kier molecular flexibility index (Phi) is 3.50. The number of aromatic nitrogens is 1. The highest BCUT2D eigenvalue weighted by atomic mass is 32.1. The van der Waals surface area contributed by atoms with Crippen LogP contribution in [-0.2, 0) is 4.74 Å². The zero-order chi connectivity index (χ0) is 11.6. The molecule has 3 nitrogen and oxygen atoms in total. The van der Waals surface area contributed by atoms with Crippen LogP contribution >= 0.6 is 11.3 Å². The number of rotatable bonds is 6. The minimum Gasteiger partial charge on any atom is -0.385 e. The maximum absolute atomic E-state index is 5.15. The van der Waals surface area contributed by atoms with Gasteiger partial charge in [0.05, 0.1) is 5.69 Å². The Morgan fingerprint density at radius 3 is 2.69 bits per heavy atom. The van der Waals surface area contributed by atoms with Gasteiger partial charge in [-0.3, -0.25) is 0 Å². The molecule has 1 aromatic heterocycles. The van der Waals surface area contributed by atoms with Crippen LogP contribution in [0, 0.1) is 19.3 Å². The summed E-state index contributed by atoms with van der Waals surface area (Å²) in [5.74, 6) is 0. The summed E-state index contributed by atoms with van der Waals surface area (Å²) in [4.78, 5) is 5.81. The summed E-state index contributed by atoms with van der Waals surface area (Å²) in [6, 6.07) is 0. The van der Waals surface area contributed by atoms with Gasteiger partial charge in [0, 0.05) is 25.1 Å². The van der Waals surface area contributed by atoms with Crippen LogP contribution in [-0.4, -0.2) is 25.2 Å². The second kappa shape index (κ2) is 4.72. The normalized spacial score (nSPS) is 17.4. The van der Waals surface area contributed by atoms with Crippen molar-refractivity contribution in [3.05, 3.63) is 10.6 Å². The molecule has 0 amide bonds. The molecule has 0 radical (unpaired) electrons. The molecule has 1 aliphatic rings. The summed E-state index contributed by atoms with van der Waals surface area (Å²) >= 11 is 1.75. The van der Waals surface area contributed by atoms with Gasteiger partial charge < -0.3 is 10.1 Å². The number of thiazole rings is 1. The maximum Gasteiger partial charge on any atom is 0.183 e. The highest BCUT2D eigenvalue weighted by Crippen LogP contribution is 2.48. The van der Waals surface area contributed by atoms with Gasteiger partial charge in [0.25, 0.3) is 0 Å². The first-order chi connectivity index (χ1) is 7.65. The number of anilines is 1. The second-order valence-electron chi connectivity index (χ2n) is 4.76. The van der Waals surface area contributed by atoms with Gasteiger partial charge in [0.15, 0.2) is 5.13 Å². The molecule has 1 aliphatic carbocycles. The Morgan fingerprint density at radius 1 is 1.44 bits per heavy atom. The topological polar surface area (TPSA) is 34.1 Å². The van der Waals surface area contributed by atoms with Crippen molar-refractivity contribution in [2.24, 2.45) is 5.41 Å². The number of hydrogen-bond donors (Lipinski definition) is 1. The van der Waals surface area contributed by atoms with Gasteiger partial charge in [0.2, 0.25) is 0 Å². The summed E-state index contributed by atoms with van der Waals surface area (Å²) in [6.07, 6.45) is 3.82. The van der Waals surface area contributed by atoms with Crippen LogP contribution in [0.2, 0.25) is 0 Å². The van der Waals surface area contributed by atoms with E-state index in [1.807, 2.05) is 0 Å². The lowest BCUT2D eigenvalue weighted by molar-refractivity contribution is 0.175. The molecule has 0 unspecified atom stereocenters. The number of hydrogen-bond acceptors (Lipinski definition) is 4. The van der Waals surface area contributed by atoms with Gasteiger partial charge >= 0.3 is 0 Å². The summed E-state index contributed by atoms with van der Waals surface area (Å²) in [5, 5.41) is 4.54. The average Bonchev–Trinajstić information content (AvgIpc) is 2.97. The second-order valence-corrected chi connectivity index (χ2v) is 5.96. The van der Waals surface area contributed by atoms with Crippen LogP contribution in [0.4, 0.5) is 5.13 Å². The van der Waals surface area contributed by atoms with E-state index >= 15 is 0 Å². The van der Waals surface area contributed by atoms with Crippen molar-refractivity contribution < 1.29 is 4.74 Å². The van der Waals surface area contributed by atoms with Crippen LogP contribution in [0.3, 0.4) is 0 Å². The molecule has 90 valence electrons. The van der Waals surface area contributed by atoms with Crippen LogP contribution in [0.1, 0.15) is 29.8 Å². The van der Waals surface area contributed by atoms with E-state index < -0.39 is 0 Å². The molecular weight excluding hydrogens is 220 g/mol. The first-order valence-electron chi connectivity index (χ1n) is 5.82. The molecule has 1 aromatic rings. The van der Waals surface area contributed by atoms with Gasteiger partial charge in [-0.15, -0.1) is 11.3 Å². The van der Waals surface area contributed by atoms with Gasteiger partial charge in [0.1, 0.15) is 0 Å². The summed E-state index contributed by atoms with van der Waals surface area (Å²) in [6.45, 7) is 6.10. The van der Waals surface area contributed by atoms with Crippen molar-refractivity contribution in [1.29, 1.82) is 0 Å². The summed E-state index contributed by atoms with van der Waals surface area (Å²) < 4.78 is 5.15. The van der Waals surface area contributed by atoms with E-state index in [1.54, 1.807) is 18.4 Å². The SMILES string of the molecule is COCCC1(CNc2nc(C)c(C)s2)CC1. The monoisotopic (exact) mass is 240 g/mol. The van der Waals surface area contributed by atoms with Gasteiger partial charge in [-0.1, -0.05) is 0 Å². The summed E-state index contributed by atoms with van der Waals surface area (Å²) in [7, 11) is 1.77. The number of nitrogens with one attached hydrogen (secondary N) is 1. The highest BCUT2D eigenvalue weighted by molar-refractivity contribution is 7.15. The van der Waals surface area contributed by atoms with E-state index in [1.165, 1.54) is 24.1 Å². The average molecular weight is 240 g/mol. The van der Waals surface area contributed by atoms with E-state index in [-0.39, 0.29) is 0 Å². The van der Waals surface area contributed by atoms with Crippen molar-refractivity contribution in [3.63, 3.8) is 0 Å². The molecule has 0 aliphatic heterocycles. The van der Waals surface area contributed by atoms with Crippen LogP contribution in [0.5, 0.6) is 0 Å². The van der Waals surface area contributed by atoms with Crippen LogP contribution < -0.4 is 5.32 Å². The van der Waals surface area contributed by atoms with E-state index in [0.717, 1.165) is 24.0 Å². The van der Waals surface area contributed by atoms with E-state index in [4.69, 9.17) is 4.74 Å². The molecule has 4 heteroatoms. The summed E-state index contributed by atoms with van der Waals surface area (Å²) in [5.41, 5.74) is 1.64. The molecule has 2 rings (SSSR count). The predicted molar refractivity (Wildman–Crippen MR) is 68.2 cm³/mol. The number of ether oxygens (including phenoxy) is 1. The molecule has 1 saturated carbocycles. The van der Waals surface area contributed by atoms with Crippen LogP contribution in [0.15, 0.2) is 0 Å². The van der Waals surface area contributed by atoms with Gasteiger partial charge in [-0.05, 0) is 38.5 Å². The quantitative estimate of drug-likeness (QED) is 0.830. The zero-order valence-corrected chi connectivity index (χ0v) is 11.1. The molecule has 1 heterocycles. The number of methoxy groups -OCH3 is 1. The lowest BCUT2D eigenvalue weighted by Crippen LogP contribution is -2.17. The van der Waals surface area contributed by atoms with Crippen molar-refractivity contribution in [2.75, 3.05) is 25.6 Å². The number of aryl methyl sites for hydroxylation is 2. The van der Waals surface area contributed by atoms with E-state index in [9.17, 15) is 0 Å². The molecule has 0 saturated heterocycles. The Bertz CT molecular complexity index is 338. The largest absolute Gasteiger partial charge is 0.385 e. The van der Waals surface area contributed by atoms with Crippen molar-refractivity contribution in [3.8, 4) is 0 Å². The Hall–Kier alpha value is -0.610. The first-order valence-corrected chi connectivity index (χ1v) is 6.64. The van der Waals surface area contributed by atoms with Crippen molar-refractivity contribution in [2.45, 2.75) is 33.1 Å². The Balaban J connectivity index is 1.83. The smallest absolute Gasteiger partial charge is 0.183 e. The third kappa shape index (κ3) is 2.74. The molecule has 0 spiro atoms. The molecule has 1 fully saturated rings. The Labute approximate surface area is 101 Å². The molecule has 0 atom stereocenters. The molecule has 0 aromatic carbocycles. The maximum atomic E-state index is 5.15. The predicted octanol–water partition coefficient (Wildman–Crippen LogP) is 2.99. The third-order valence-corrected chi connectivity index (χ3v) is 4.47. The van der Waals surface area contributed by atoms with Gasteiger partial charge in [-0.2, -0.15) is 0 Å². The van der Waals surface area contributed by atoms with Gasteiger partial charge in [-0.25, -0.2) is 4.98 Å². The van der Waals surface area contributed by atoms with Crippen molar-refractivity contribution in [1.82, 2.24) is 4.98 Å². The lowest BCUT2D eigenvalue weighted by atomic mass is 10.0. The lowest BCUT2D eigenvalue weighted by Gasteiger charge is -2.14. The minimum absolute atomic E-state index is 0.490. The first kappa shape index (κ1) is 11.9. The number of nitrogens with zero attached hydrogens (tertiary/aromatic N) is 1. The Morgan fingerprint density at radius 2 is 2.19 bits per heavy atom. The third-order valence-electron chi connectivity index (χ3n) is 3.44. The standard InChI is InChI=1S/C12H20N2OS/c1-9-10(2)16-11(14-9)13-8-12(4-5-12)6-7-15-3/h4-8H2,1-3H3,(H,13,14). The fraction of sp³-hybridized carbons (Fsp3) is 0.750.